The highest BCUT2D eigenvalue weighted by atomic mass is 19.1. The van der Waals surface area contributed by atoms with Crippen LogP contribution >= 0.6 is 0 Å². The van der Waals surface area contributed by atoms with Gasteiger partial charge in [-0.3, -0.25) is 0 Å². The van der Waals surface area contributed by atoms with Gasteiger partial charge in [0, 0.05) is 25.1 Å². The van der Waals surface area contributed by atoms with Crippen LogP contribution in [0.2, 0.25) is 0 Å². The summed E-state index contributed by atoms with van der Waals surface area (Å²) in [7, 11) is 0. The molecule has 0 saturated heterocycles. The van der Waals surface area contributed by atoms with Crippen LogP contribution in [0.1, 0.15) is 40.0 Å². The van der Waals surface area contributed by atoms with Crippen molar-refractivity contribution < 1.29 is 4.39 Å². The molecule has 0 fully saturated rings. The molecular formula is C16H25FN2. The highest BCUT2D eigenvalue weighted by molar-refractivity contribution is 5.11. The minimum absolute atomic E-state index is 0.260. The molecule has 106 valence electrons. The van der Waals surface area contributed by atoms with Crippen LogP contribution in [-0.2, 0) is 0 Å². The average molecular weight is 264 g/mol. The average Bonchev–Trinajstić information content (AvgIpc) is 2.33. The van der Waals surface area contributed by atoms with Crippen LogP contribution < -0.4 is 5.32 Å². The predicted octanol–water partition coefficient (Wildman–Crippen LogP) is 4.28. The van der Waals surface area contributed by atoms with Gasteiger partial charge < -0.3 is 5.32 Å². The zero-order chi connectivity index (χ0) is 14.5. The largest absolute Gasteiger partial charge is 0.389 e. The molecule has 0 spiro atoms. The molecule has 2 atom stereocenters. The Kier molecular flexibility index (Phi) is 10.6. The van der Waals surface area contributed by atoms with E-state index in [1.54, 1.807) is 6.92 Å². The quantitative estimate of drug-likeness (QED) is 0.631. The highest BCUT2D eigenvalue weighted by Gasteiger charge is 1.99. The molecule has 0 aromatic rings. The lowest BCUT2D eigenvalue weighted by Crippen LogP contribution is -2.12. The van der Waals surface area contributed by atoms with Gasteiger partial charge in [0.05, 0.1) is 6.07 Å². The molecule has 2 nitrogen and oxygen atoms in total. The second kappa shape index (κ2) is 11.5. The SMILES string of the molecule is CCN/C(=C\C(C)CC#N)C/C=C\C=C/CC(C)F. The van der Waals surface area contributed by atoms with Gasteiger partial charge >= 0.3 is 0 Å². The maximum absolute atomic E-state index is 12.5. The standard InChI is InChI=1S/C16H25FN2/c1-4-19-16(13-14(2)11-12-18)10-8-6-5-7-9-15(3)17/h5-8,13-15,19H,4,9-11H2,1-3H3/b7-5-,8-6-,16-13-. The summed E-state index contributed by atoms with van der Waals surface area (Å²) in [5, 5.41) is 11.9. The van der Waals surface area contributed by atoms with Crippen LogP contribution in [0.4, 0.5) is 4.39 Å². The highest BCUT2D eigenvalue weighted by Crippen LogP contribution is 2.08. The van der Waals surface area contributed by atoms with Crippen molar-refractivity contribution in [2.45, 2.75) is 46.2 Å². The molecule has 1 N–H and O–H groups in total. The predicted molar refractivity (Wildman–Crippen MR) is 79.2 cm³/mol. The molecule has 0 amide bonds. The molecular weight excluding hydrogens is 239 g/mol. The third-order valence-electron chi connectivity index (χ3n) is 2.48. The Bertz CT molecular complexity index is 348. The van der Waals surface area contributed by atoms with Gasteiger partial charge in [-0.25, -0.2) is 4.39 Å². The van der Waals surface area contributed by atoms with E-state index in [9.17, 15) is 4.39 Å². The molecule has 0 aliphatic carbocycles. The van der Waals surface area contributed by atoms with Crippen LogP contribution in [0.3, 0.4) is 0 Å². The first-order valence-electron chi connectivity index (χ1n) is 6.87. The number of nitrogens with one attached hydrogen (secondary N) is 1. The summed E-state index contributed by atoms with van der Waals surface area (Å²) in [4.78, 5) is 0. The van der Waals surface area contributed by atoms with Crippen molar-refractivity contribution in [3.63, 3.8) is 0 Å². The van der Waals surface area contributed by atoms with E-state index < -0.39 is 6.17 Å². The summed E-state index contributed by atoms with van der Waals surface area (Å²) in [5.74, 6) is 0.260. The molecule has 2 unspecified atom stereocenters. The van der Waals surface area contributed by atoms with Gasteiger partial charge in [-0.05, 0) is 26.2 Å². The molecule has 0 radical (unpaired) electrons. The second-order valence-electron chi connectivity index (χ2n) is 4.64. The Morgan fingerprint density at radius 1 is 1.32 bits per heavy atom. The maximum Gasteiger partial charge on any atom is 0.101 e. The van der Waals surface area contributed by atoms with Gasteiger partial charge in [0.1, 0.15) is 6.17 Å². The number of halogens is 1. The number of hydrogen-bond donors (Lipinski definition) is 1. The van der Waals surface area contributed by atoms with Crippen molar-refractivity contribution in [2.24, 2.45) is 5.92 Å². The van der Waals surface area contributed by atoms with Gasteiger partial charge in [0.2, 0.25) is 0 Å². The van der Waals surface area contributed by atoms with E-state index in [1.165, 1.54) is 0 Å². The van der Waals surface area contributed by atoms with Crippen molar-refractivity contribution in [1.82, 2.24) is 5.32 Å². The van der Waals surface area contributed by atoms with E-state index in [0.29, 0.717) is 12.8 Å². The summed E-state index contributed by atoms with van der Waals surface area (Å²) < 4.78 is 12.5. The van der Waals surface area contributed by atoms with E-state index in [0.717, 1.165) is 18.7 Å². The Labute approximate surface area is 116 Å². The third kappa shape index (κ3) is 11.3. The van der Waals surface area contributed by atoms with E-state index in [1.807, 2.05) is 31.2 Å². The van der Waals surface area contributed by atoms with E-state index in [4.69, 9.17) is 5.26 Å². The van der Waals surface area contributed by atoms with Gasteiger partial charge in [0.15, 0.2) is 0 Å². The topological polar surface area (TPSA) is 35.8 Å². The van der Waals surface area contributed by atoms with Crippen LogP contribution in [0.15, 0.2) is 36.1 Å². The normalized spacial score (nSPS) is 15.6. The monoisotopic (exact) mass is 264 g/mol. The summed E-state index contributed by atoms with van der Waals surface area (Å²) in [5.41, 5.74) is 1.13. The van der Waals surface area contributed by atoms with E-state index in [2.05, 4.69) is 24.4 Å². The van der Waals surface area contributed by atoms with Crippen LogP contribution in [0.5, 0.6) is 0 Å². The van der Waals surface area contributed by atoms with Crippen molar-refractivity contribution in [2.75, 3.05) is 6.54 Å². The third-order valence-corrected chi connectivity index (χ3v) is 2.48. The molecule has 0 saturated carbocycles. The first-order valence-corrected chi connectivity index (χ1v) is 6.87. The summed E-state index contributed by atoms with van der Waals surface area (Å²) in [6.07, 6.45) is 10.8. The smallest absolute Gasteiger partial charge is 0.101 e. The number of hydrogen-bond acceptors (Lipinski definition) is 2. The fraction of sp³-hybridized carbons (Fsp3) is 0.562. The second-order valence-corrected chi connectivity index (χ2v) is 4.64. The van der Waals surface area contributed by atoms with Crippen LogP contribution in [0.25, 0.3) is 0 Å². The molecule has 0 aliphatic heterocycles. The van der Waals surface area contributed by atoms with Crippen molar-refractivity contribution in [3.8, 4) is 6.07 Å². The molecule has 0 rings (SSSR count). The lowest BCUT2D eigenvalue weighted by atomic mass is 10.1. The number of allylic oxidation sites excluding steroid dienone is 5. The van der Waals surface area contributed by atoms with E-state index >= 15 is 0 Å². The number of alkyl halides is 1. The van der Waals surface area contributed by atoms with Crippen molar-refractivity contribution >= 4 is 0 Å². The minimum Gasteiger partial charge on any atom is -0.389 e. The van der Waals surface area contributed by atoms with Crippen molar-refractivity contribution in [3.05, 3.63) is 36.1 Å². The van der Waals surface area contributed by atoms with Gasteiger partial charge in [-0.1, -0.05) is 37.3 Å². The number of nitriles is 1. The van der Waals surface area contributed by atoms with Crippen LogP contribution in [-0.4, -0.2) is 12.7 Å². The Hall–Kier alpha value is -1.56. The van der Waals surface area contributed by atoms with Gasteiger partial charge in [-0.15, -0.1) is 0 Å². The number of rotatable bonds is 9. The van der Waals surface area contributed by atoms with E-state index in [-0.39, 0.29) is 5.92 Å². The summed E-state index contributed by atoms with van der Waals surface area (Å²) in [6, 6.07) is 2.17. The van der Waals surface area contributed by atoms with Gasteiger partial charge in [0.25, 0.3) is 0 Å². The summed E-state index contributed by atoms with van der Waals surface area (Å²) >= 11 is 0. The molecule has 0 heterocycles. The van der Waals surface area contributed by atoms with Gasteiger partial charge in [-0.2, -0.15) is 5.26 Å². The minimum atomic E-state index is -0.784. The van der Waals surface area contributed by atoms with Crippen LogP contribution in [0, 0.1) is 17.2 Å². The molecule has 0 aromatic heterocycles. The zero-order valence-electron chi connectivity index (χ0n) is 12.2. The molecule has 0 aliphatic rings. The van der Waals surface area contributed by atoms with Crippen molar-refractivity contribution in [1.29, 1.82) is 5.26 Å². The first-order chi connectivity index (χ1) is 9.10. The first kappa shape index (κ1) is 17.4. The summed E-state index contributed by atoms with van der Waals surface area (Å²) in [6.45, 7) is 6.51. The fourth-order valence-corrected chi connectivity index (χ4v) is 1.59. The lowest BCUT2D eigenvalue weighted by molar-refractivity contribution is 0.365. The zero-order valence-corrected chi connectivity index (χ0v) is 12.2. The lowest BCUT2D eigenvalue weighted by Gasteiger charge is -2.09. The Morgan fingerprint density at radius 3 is 2.58 bits per heavy atom. The number of nitrogens with zero attached hydrogens (tertiary/aromatic N) is 1. The maximum atomic E-state index is 12.5. The Balaban J connectivity index is 4.24. The molecule has 0 bridgehead atoms. The molecule has 19 heavy (non-hydrogen) atoms. The molecule has 3 heteroatoms. The fourth-order valence-electron chi connectivity index (χ4n) is 1.59. The molecule has 0 aromatic carbocycles. The Morgan fingerprint density at radius 2 is 2.00 bits per heavy atom.